The van der Waals surface area contributed by atoms with E-state index in [9.17, 15) is 0 Å². The van der Waals surface area contributed by atoms with Crippen LogP contribution in [0, 0.1) is 0 Å². The highest BCUT2D eigenvalue weighted by molar-refractivity contribution is 7.80. The van der Waals surface area contributed by atoms with Crippen molar-refractivity contribution in [2.45, 2.75) is 0 Å². The van der Waals surface area contributed by atoms with Gasteiger partial charge in [-0.1, -0.05) is 23.2 Å². The molecule has 0 amide bonds. The van der Waals surface area contributed by atoms with Crippen LogP contribution in [-0.2, 0) is 0 Å². The average molecular weight is 304 g/mol. The number of thiocarbonyl (C=S) groups is 1. The molecule has 3 nitrogen and oxygen atoms in total. The molecule has 2 rings (SSSR count). The van der Waals surface area contributed by atoms with Gasteiger partial charge < -0.3 is 15.1 Å². The van der Waals surface area contributed by atoms with E-state index in [0.717, 1.165) is 31.9 Å². The Morgan fingerprint density at radius 3 is 2.56 bits per heavy atom. The zero-order valence-corrected chi connectivity index (χ0v) is 12.4. The van der Waals surface area contributed by atoms with E-state index >= 15 is 0 Å². The molecule has 98 valence electrons. The fraction of sp³-hybridized carbons (Fsp3) is 0.417. The van der Waals surface area contributed by atoms with E-state index in [1.165, 1.54) is 0 Å². The van der Waals surface area contributed by atoms with E-state index < -0.39 is 0 Å². The molecule has 0 unspecified atom stereocenters. The van der Waals surface area contributed by atoms with Crippen molar-refractivity contribution in [3.8, 4) is 0 Å². The zero-order valence-electron chi connectivity index (χ0n) is 10.1. The topological polar surface area (TPSA) is 18.5 Å². The van der Waals surface area contributed by atoms with Crippen LogP contribution < -0.4 is 5.32 Å². The SMILES string of the molecule is CN1CCN(C(=S)Nc2cc(Cl)ccc2Cl)CC1. The minimum Gasteiger partial charge on any atom is -0.346 e. The summed E-state index contributed by atoms with van der Waals surface area (Å²) in [4.78, 5) is 4.43. The smallest absolute Gasteiger partial charge is 0.173 e. The maximum atomic E-state index is 6.09. The van der Waals surface area contributed by atoms with Gasteiger partial charge in [-0.3, -0.25) is 0 Å². The average Bonchev–Trinajstić information content (AvgIpc) is 2.34. The van der Waals surface area contributed by atoms with Gasteiger partial charge in [0, 0.05) is 31.2 Å². The molecule has 18 heavy (non-hydrogen) atoms. The molecule has 1 aliphatic heterocycles. The molecular formula is C12H15Cl2N3S. The molecule has 6 heteroatoms. The van der Waals surface area contributed by atoms with Crippen LogP contribution in [0.15, 0.2) is 18.2 Å². The Morgan fingerprint density at radius 1 is 1.22 bits per heavy atom. The predicted octanol–water partition coefficient (Wildman–Crippen LogP) is 2.94. The Morgan fingerprint density at radius 2 is 1.89 bits per heavy atom. The molecule has 1 N–H and O–H groups in total. The molecule has 0 aliphatic carbocycles. The molecule has 0 bridgehead atoms. The highest BCUT2D eigenvalue weighted by atomic mass is 35.5. The second kappa shape index (κ2) is 6.06. The van der Waals surface area contributed by atoms with Crippen molar-refractivity contribution in [3.63, 3.8) is 0 Å². The normalized spacial score (nSPS) is 16.7. The van der Waals surface area contributed by atoms with Gasteiger partial charge in [0.2, 0.25) is 0 Å². The Labute approximate surface area is 123 Å². The van der Waals surface area contributed by atoms with Crippen LogP contribution in [-0.4, -0.2) is 48.1 Å². The lowest BCUT2D eigenvalue weighted by Gasteiger charge is -2.34. The Balaban J connectivity index is 2.00. The molecule has 0 aromatic heterocycles. The fourth-order valence-corrected chi connectivity index (χ4v) is 2.43. The summed E-state index contributed by atoms with van der Waals surface area (Å²) < 4.78 is 0. The van der Waals surface area contributed by atoms with E-state index in [1.54, 1.807) is 18.2 Å². The number of rotatable bonds is 1. The Kier molecular flexibility index (Phi) is 4.67. The molecule has 1 heterocycles. The standard InChI is InChI=1S/C12H15Cl2N3S/c1-16-4-6-17(7-5-16)12(18)15-11-8-9(13)2-3-10(11)14/h2-3,8H,4-7H2,1H3,(H,15,18). The zero-order chi connectivity index (χ0) is 13.1. The minimum absolute atomic E-state index is 0.621. The predicted molar refractivity (Wildman–Crippen MR) is 81.8 cm³/mol. The first-order valence-corrected chi connectivity index (χ1v) is 6.92. The van der Waals surface area contributed by atoms with Gasteiger partial charge in [0.05, 0.1) is 10.7 Å². The van der Waals surface area contributed by atoms with Crippen molar-refractivity contribution < 1.29 is 0 Å². The maximum Gasteiger partial charge on any atom is 0.173 e. The van der Waals surface area contributed by atoms with E-state index in [-0.39, 0.29) is 0 Å². The number of hydrogen-bond donors (Lipinski definition) is 1. The Bertz CT molecular complexity index is 445. The van der Waals surface area contributed by atoms with Crippen molar-refractivity contribution in [1.82, 2.24) is 9.80 Å². The van der Waals surface area contributed by atoms with Gasteiger partial charge in [-0.25, -0.2) is 0 Å². The largest absolute Gasteiger partial charge is 0.346 e. The summed E-state index contributed by atoms with van der Waals surface area (Å²) in [7, 11) is 2.11. The second-order valence-corrected chi connectivity index (χ2v) is 5.57. The first-order chi connectivity index (χ1) is 8.56. The summed E-state index contributed by atoms with van der Waals surface area (Å²) in [6, 6.07) is 5.30. The molecule has 0 radical (unpaired) electrons. The summed E-state index contributed by atoms with van der Waals surface area (Å²) in [5.41, 5.74) is 0.757. The molecular weight excluding hydrogens is 289 g/mol. The van der Waals surface area contributed by atoms with Crippen LogP contribution in [0.1, 0.15) is 0 Å². The number of piperazine rings is 1. The molecule has 1 aliphatic rings. The summed E-state index contributed by atoms with van der Waals surface area (Å²) in [5, 5.41) is 5.12. The summed E-state index contributed by atoms with van der Waals surface area (Å²) in [6.45, 7) is 3.90. The lowest BCUT2D eigenvalue weighted by Crippen LogP contribution is -2.48. The number of halogens is 2. The number of hydrogen-bond acceptors (Lipinski definition) is 2. The second-order valence-electron chi connectivity index (χ2n) is 4.34. The quantitative estimate of drug-likeness (QED) is 0.804. The number of benzene rings is 1. The maximum absolute atomic E-state index is 6.09. The van der Waals surface area contributed by atoms with Gasteiger partial charge in [-0.15, -0.1) is 0 Å². The molecule has 1 aromatic rings. The molecule has 1 saturated heterocycles. The van der Waals surface area contributed by atoms with E-state index in [1.807, 2.05) is 0 Å². The fourth-order valence-electron chi connectivity index (χ4n) is 1.80. The minimum atomic E-state index is 0.621. The van der Waals surface area contributed by atoms with Gasteiger partial charge in [0.1, 0.15) is 0 Å². The monoisotopic (exact) mass is 303 g/mol. The molecule has 0 saturated carbocycles. The van der Waals surface area contributed by atoms with Crippen LogP contribution in [0.5, 0.6) is 0 Å². The third-order valence-corrected chi connectivity index (χ3v) is 3.89. The van der Waals surface area contributed by atoms with Crippen LogP contribution in [0.25, 0.3) is 0 Å². The van der Waals surface area contributed by atoms with Crippen LogP contribution in [0.3, 0.4) is 0 Å². The molecule has 1 aromatic carbocycles. The van der Waals surface area contributed by atoms with Gasteiger partial charge in [-0.05, 0) is 37.5 Å². The first-order valence-electron chi connectivity index (χ1n) is 5.76. The Hall–Kier alpha value is -0.550. The molecule has 0 atom stereocenters. The van der Waals surface area contributed by atoms with Gasteiger partial charge in [0.15, 0.2) is 5.11 Å². The van der Waals surface area contributed by atoms with Crippen molar-refractivity contribution in [1.29, 1.82) is 0 Å². The van der Waals surface area contributed by atoms with Gasteiger partial charge in [-0.2, -0.15) is 0 Å². The summed E-state index contributed by atoms with van der Waals surface area (Å²) in [6.07, 6.45) is 0. The highest BCUT2D eigenvalue weighted by Gasteiger charge is 2.16. The van der Waals surface area contributed by atoms with Crippen molar-refractivity contribution >= 4 is 46.2 Å². The number of anilines is 1. The lowest BCUT2D eigenvalue weighted by atomic mass is 10.3. The number of nitrogens with zero attached hydrogens (tertiary/aromatic N) is 2. The van der Waals surface area contributed by atoms with Gasteiger partial charge in [0.25, 0.3) is 0 Å². The van der Waals surface area contributed by atoms with Crippen molar-refractivity contribution in [3.05, 3.63) is 28.2 Å². The van der Waals surface area contributed by atoms with Crippen LogP contribution >= 0.6 is 35.4 Å². The summed E-state index contributed by atoms with van der Waals surface area (Å²) >= 11 is 17.4. The van der Waals surface area contributed by atoms with Crippen molar-refractivity contribution in [2.75, 3.05) is 38.5 Å². The third kappa shape index (κ3) is 3.48. The first kappa shape index (κ1) is 13.9. The van der Waals surface area contributed by atoms with E-state index in [0.29, 0.717) is 15.2 Å². The lowest BCUT2D eigenvalue weighted by molar-refractivity contribution is 0.217. The van der Waals surface area contributed by atoms with Crippen molar-refractivity contribution in [2.24, 2.45) is 0 Å². The highest BCUT2D eigenvalue weighted by Crippen LogP contribution is 2.25. The number of likely N-dealkylation sites (N-methyl/N-ethyl adjacent to an activating group) is 1. The van der Waals surface area contributed by atoms with E-state index in [4.69, 9.17) is 35.4 Å². The number of nitrogens with one attached hydrogen (secondary N) is 1. The van der Waals surface area contributed by atoms with Gasteiger partial charge >= 0.3 is 0 Å². The van der Waals surface area contributed by atoms with Crippen LogP contribution in [0.4, 0.5) is 5.69 Å². The van der Waals surface area contributed by atoms with E-state index in [2.05, 4.69) is 22.2 Å². The third-order valence-electron chi connectivity index (χ3n) is 2.96. The summed E-state index contributed by atoms with van der Waals surface area (Å²) in [5.74, 6) is 0. The molecule has 1 fully saturated rings. The van der Waals surface area contributed by atoms with Crippen LogP contribution in [0.2, 0.25) is 10.0 Å². The molecule has 0 spiro atoms.